The van der Waals surface area contributed by atoms with Crippen LogP contribution in [0.15, 0.2) is 29.1 Å². The molecule has 16 heavy (non-hydrogen) atoms. The Morgan fingerprint density at radius 1 is 1.25 bits per heavy atom. The summed E-state index contributed by atoms with van der Waals surface area (Å²) in [4.78, 5) is 16.4. The molecule has 0 fully saturated rings. The van der Waals surface area contributed by atoms with E-state index in [0.29, 0.717) is 16.8 Å². The van der Waals surface area contributed by atoms with Crippen LogP contribution in [0.1, 0.15) is 5.56 Å². The zero-order valence-electron chi connectivity index (χ0n) is 8.50. The molecule has 0 aliphatic carbocycles. The molecule has 1 aromatic carbocycles. The van der Waals surface area contributed by atoms with Crippen molar-refractivity contribution in [3.63, 3.8) is 0 Å². The molecule has 3 nitrogen and oxygen atoms in total. The summed E-state index contributed by atoms with van der Waals surface area (Å²) in [7, 11) is 0. The summed E-state index contributed by atoms with van der Waals surface area (Å²) in [5.74, 6) is -0.308. The third-order valence-electron chi connectivity index (χ3n) is 2.24. The minimum atomic E-state index is -0.308. The Morgan fingerprint density at radius 2 is 2.00 bits per heavy atom. The molecule has 0 unspecified atom stereocenters. The van der Waals surface area contributed by atoms with Gasteiger partial charge in [0.15, 0.2) is 4.77 Å². The average Bonchev–Trinajstić information content (AvgIpc) is 2.20. The van der Waals surface area contributed by atoms with Gasteiger partial charge in [0.1, 0.15) is 5.82 Å². The first-order valence-corrected chi connectivity index (χ1v) is 5.07. The average molecular weight is 236 g/mol. The largest absolute Gasteiger partial charge is 0.332 e. The Balaban J connectivity index is 2.63. The van der Waals surface area contributed by atoms with Crippen LogP contribution < -0.4 is 5.56 Å². The molecule has 0 radical (unpaired) electrons. The van der Waals surface area contributed by atoms with Gasteiger partial charge in [-0.1, -0.05) is 12.1 Å². The molecule has 2 aromatic rings. The molecule has 0 aliphatic heterocycles. The van der Waals surface area contributed by atoms with Crippen molar-refractivity contribution in [1.82, 2.24) is 9.97 Å². The molecule has 0 saturated heterocycles. The molecule has 0 aliphatic rings. The smallest absolute Gasteiger partial charge is 0.252 e. The minimum Gasteiger partial charge on any atom is -0.332 e. The van der Waals surface area contributed by atoms with Crippen LogP contribution in [-0.4, -0.2) is 9.97 Å². The number of rotatable bonds is 1. The van der Waals surface area contributed by atoms with E-state index in [1.807, 2.05) is 0 Å². The summed E-state index contributed by atoms with van der Waals surface area (Å²) < 4.78 is 13.6. The molecular weight excluding hydrogens is 227 g/mol. The van der Waals surface area contributed by atoms with E-state index in [1.54, 1.807) is 19.1 Å². The van der Waals surface area contributed by atoms with E-state index in [1.165, 1.54) is 12.1 Å². The van der Waals surface area contributed by atoms with Gasteiger partial charge in [-0.15, -0.1) is 0 Å². The second-order valence-electron chi connectivity index (χ2n) is 3.47. The summed E-state index contributed by atoms with van der Waals surface area (Å²) in [5, 5.41) is 0. The van der Waals surface area contributed by atoms with Gasteiger partial charge in [-0.2, -0.15) is 0 Å². The molecule has 0 saturated carbocycles. The molecular formula is C11H9FN2OS. The number of aromatic amines is 2. The standard InChI is InChI=1S/C11H9FN2OS/c1-6-2-3-7(4-8(6)12)9-5-10(15)14-11(16)13-9/h2-5H,1H3,(H2,13,14,15,16). The lowest BCUT2D eigenvalue weighted by atomic mass is 10.1. The number of hydrogen-bond donors (Lipinski definition) is 2. The summed E-state index contributed by atoms with van der Waals surface area (Å²) >= 11 is 4.84. The number of halogens is 1. The van der Waals surface area contributed by atoms with Gasteiger partial charge in [-0.05, 0) is 30.8 Å². The highest BCUT2D eigenvalue weighted by molar-refractivity contribution is 7.71. The Hall–Kier alpha value is -1.75. The molecule has 0 spiro atoms. The highest BCUT2D eigenvalue weighted by Crippen LogP contribution is 2.18. The summed E-state index contributed by atoms with van der Waals surface area (Å²) in [6.07, 6.45) is 0. The van der Waals surface area contributed by atoms with E-state index >= 15 is 0 Å². The zero-order chi connectivity index (χ0) is 11.7. The zero-order valence-corrected chi connectivity index (χ0v) is 9.32. The molecule has 0 atom stereocenters. The number of benzene rings is 1. The third-order valence-corrected chi connectivity index (χ3v) is 2.45. The first-order chi connectivity index (χ1) is 7.56. The predicted octanol–water partition coefficient (Wildman–Crippen LogP) is 2.55. The Labute approximate surface area is 96.0 Å². The maximum absolute atomic E-state index is 13.3. The van der Waals surface area contributed by atoms with Crippen molar-refractivity contribution in [2.45, 2.75) is 6.92 Å². The van der Waals surface area contributed by atoms with Crippen molar-refractivity contribution in [3.05, 3.63) is 50.8 Å². The summed E-state index contributed by atoms with van der Waals surface area (Å²) in [6, 6.07) is 6.11. The van der Waals surface area contributed by atoms with E-state index in [4.69, 9.17) is 12.2 Å². The molecule has 0 amide bonds. The van der Waals surface area contributed by atoms with Crippen molar-refractivity contribution < 1.29 is 4.39 Å². The van der Waals surface area contributed by atoms with E-state index in [-0.39, 0.29) is 16.1 Å². The predicted molar refractivity (Wildman–Crippen MR) is 62.4 cm³/mol. The fraction of sp³-hybridized carbons (Fsp3) is 0.0909. The summed E-state index contributed by atoms with van der Waals surface area (Å²) in [5.41, 5.74) is 1.36. The molecule has 1 aromatic heterocycles. The lowest BCUT2D eigenvalue weighted by molar-refractivity contribution is 0.619. The second-order valence-corrected chi connectivity index (χ2v) is 3.87. The van der Waals surface area contributed by atoms with Gasteiger partial charge in [-0.25, -0.2) is 4.39 Å². The highest BCUT2D eigenvalue weighted by atomic mass is 32.1. The van der Waals surface area contributed by atoms with Gasteiger partial charge in [0.2, 0.25) is 0 Å². The lowest BCUT2D eigenvalue weighted by Crippen LogP contribution is -2.06. The molecule has 0 bridgehead atoms. The lowest BCUT2D eigenvalue weighted by Gasteiger charge is -2.03. The fourth-order valence-electron chi connectivity index (χ4n) is 1.38. The highest BCUT2D eigenvalue weighted by Gasteiger charge is 2.03. The molecule has 2 N–H and O–H groups in total. The quantitative estimate of drug-likeness (QED) is 0.747. The fourth-order valence-corrected chi connectivity index (χ4v) is 1.60. The van der Waals surface area contributed by atoms with Gasteiger partial charge in [0, 0.05) is 11.6 Å². The van der Waals surface area contributed by atoms with E-state index in [0.717, 1.165) is 0 Å². The number of aromatic nitrogens is 2. The third kappa shape index (κ3) is 2.09. The number of H-pyrrole nitrogens is 2. The Kier molecular flexibility index (Phi) is 2.70. The van der Waals surface area contributed by atoms with Crippen LogP contribution in [-0.2, 0) is 0 Å². The molecule has 82 valence electrons. The van der Waals surface area contributed by atoms with Crippen molar-refractivity contribution in [3.8, 4) is 11.3 Å². The van der Waals surface area contributed by atoms with Crippen LogP contribution in [0.2, 0.25) is 0 Å². The SMILES string of the molecule is Cc1ccc(-c2cc(=O)[nH]c(=S)[nH]2)cc1F. The summed E-state index contributed by atoms with van der Waals surface area (Å²) in [6.45, 7) is 1.68. The second kappa shape index (κ2) is 4.02. The van der Waals surface area contributed by atoms with Crippen LogP contribution in [0.4, 0.5) is 4.39 Å². The molecule has 2 rings (SSSR count). The van der Waals surface area contributed by atoms with E-state index in [2.05, 4.69) is 9.97 Å². The van der Waals surface area contributed by atoms with Crippen LogP contribution in [0.5, 0.6) is 0 Å². The van der Waals surface area contributed by atoms with Crippen molar-refractivity contribution in [1.29, 1.82) is 0 Å². The van der Waals surface area contributed by atoms with Crippen LogP contribution in [0.25, 0.3) is 11.3 Å². The number of nitrogens with one attached hydrogen (secondary N) is 2. The number of hydrogen-bond acceptors (Lipinski definition) is 2. The van der Waals surface area contributed by atoms with Gasteiger partial charge in [0.25, 0.3) is 5.56 Å². The van der Waals surface area contributed by atoms with Crippen molar-refractivity contribution >= 4 is 12.2 Å². The van der Waals surface area contributed by atoms with E-state index < -0.39 is 0 Å². The first-order valence-electron chi connectivity index (χ1n) is 4.66. The monoisotopic (exact) mass is 236 g/mol. The van der Waals surface area contributed by atoms with Gasteiger partial charge in [0.05, 0.1) is 5.69 Å². The number of aryl methyl sites for hydroxylation is 1. The van der Waals surface area contributed by atoms with Gasteiger partial charge >= 0.3 is 0 Å². The van der Waals surface area contributed by atoms with Crippen LogP contribution >= 0.6 is 12.2 Å². The van der Waals surface area contributed by atoms with Crippen LogP contribution in [0.3, 0.4) is 0 Å². The topological polar surface area (TPSA) is 48.6 Å². The van der Waals surface area contributed by atoms with Gasteiger partial charge < -0.3 is 4.98 Å². The van der Waals surface area contributed by atoms with Crippen molar-refractivity contribution in [2.75, 3.05) is 0 Å². The minimum absolute atomic E-state index is 0.225. The first kappa shape index (κ1) is 10.8. The van der Waals surface area contributed by atoms with E-state index in [9.17, 15) is 9.18 Å². The maximum atomic E-state index is 13.3. The van der Waals surface area contributed by atoms with Crippen molar-refractivity contribution in [2.24, 2.45) is 0 Å². The van der Waals surface area contributed by atoms with Crippen LogP contribution in [0, 0.1) is 17.5 Å². The molecule has 5 heteroatoms. The Morgan fingerprint density at radius 3 is 2.62 bits per heavy atom. The van der Waals surface area contributed by atoms with Gasteiger partial charge in [-0.3, -0.25) is 9.78 Å². The normalized spacial score (nSPS) is 10.4. The molecule has 1 heterocycles. The maximum Gasteiger partial charge on any atom is 0.252 e. The Bertz CT molecular complexity index is 617.